The van der Waals surface area contributed by atoms with Gasteiger partial charge in [0.2, 0.25) is 0 Å². The first-order valence-electron chi connectivity index (χ1n) is 5.25. The lowest BCUT2D eigenvalue weighted by atomic mass is 9.89. The molecule has 1 aromatic heterocycles. The maximum absolute atomic E-state index is 5.70. The lowest BCUT2D eigenvalue weighted by molar-refractivity contribution is 0.459. The molecule has 3 nitrogen and oxygen atoms in total. The molecule has 1 aromatic rings. The van der Waals surface area contributed by atoms with Crippen molar-refractivity contribution < 1.29 is 0 Å². The van der Waals surface area contributed by atoms with Gasteiger partial charge in [0.1, 0.15) is 0 Å². The van der Waals surface area contributed by atoms with Gasteiger partial charge >= 0.3 is 0 Å². The minimum Gasteiger partial charge on any atom is -0.326 e. The first-order valence-corrected chi connectivity index (χ1v) is 5.25. The molecule has 1 aliphatic rings. The van der Waals surface area contributed by atoms with Crippen LogP contribution >= 0.6 is 0 Å². The van der Waals surface area contributed by atoms with E-state index in [1.54, 1.807) is 0 Å². The molecule has 0 spiro atoms. The topological polar surface area (TPSA) is 50.9 Å². The van der Waals surface area contributed by atoms with Gasteiger partial charge in [-0.25, -0.2) is 0 Å². The standard InChI is InChI=1S/C11H17N3/c12-6-10-8-14-5-3-11(10)9-2-1-4-13-7-9/h3,5,8-9,13H,1-2,4,6-7,12H2. The molecule has 1 fully saturated rings. The molecule has 1 saturated heterocycles. The molecule has 0 saturated carbocycles. The van der Waals surface area contributed by atoms with Crippen molar-refractivity contribution in [2.45, 2.75) is 25.3 Å². The van der Waals surface area contributed by atoms with Crippen LogP contribution in [0.2, 0.25) is 0 Å². The number of aromatic nitrogens is 1. The average Bonchev–Trinajstić information content (AvgIpc) is 2.30. The van der Waals surface area contributed by atoms with E-state index < -0.39 is 0 Å². The first-order chi connectivity index (χ1) is 6.92. The summed E-state index contributed by atoms with van der Waals surface area (Å²) in [7, 11) is 0. The molecule has 1 unspecified atom stereocenters. The van der Waals surface area contributed by atoms with Crippen molar-refractivity contribution in [2.24, 2.45) is 5.73 Å². The Labute approximate surface area is 84.7 Å². The van der Waals surface area contributed by atoms with Gasteiger partial charge in [-0.2, -0.15) is 0 Å². The number of nitrogens with zero attached hydrogens (tertiary/aromatic N) is 1. The number of rotatable bonds is 2. The van der Waals surface area contributed by atoms with Gasteiger partial charge in [0.25, 0.3) is 0 Å². The molecule has 3 heteroatoms. The Morgan fingerprint density at radius 2 is 2.50 bits per heavy atom. The van der Waals surface area contributed by atoms with Crippen LogP contribution in [0.5, 0.6) is 0 Å². The highest BCUT2D eigenvalue weighted by Gasteiger charge is 2.17. The number of hydrogen-bond donors (Lipinski definition) is 2. The molecular formula is C11H17N3. The summed E-state index contributed by atoms with van der Waals surface area (Å²) < 4.78 is 0. The predicted octanol–water partition coefficient (Wildman–Crippen LogP) is 1.01. The molecule has 0 amide bonds. The highest BCUT2D eigenvalue weighted by Crippen LogP contribution is 2.25. The predicted molar refractivity (Wildman–Crippen MR) is 57.0 cm³/mol. The third-order valence-corrected chi connectivity index (χ3v) is 2.90. The van der Waals surface area contributed by atoms with Crippen molar-refractivity contribution in [3.8, 4) is 0 Å². The molecule has 0 aromatic carbocycles. The fraction of sp³-hybridized carbons (Fsp3) is 0.545. The molecule has 76 valence electrons. The van der Waals surface area contributed by atoms with E-state index in [1.807, 2.05) is 12.4 Å². The molecular weight excluding hydrogens is 174 g/mol. The number of hydrogen-bond acceptors (Lipinski definition) is 3. The summed E-state index contributed by atoms with van der Waals surface area (Å²) in [4.78, 5) is 4.11. The van der Waals surface area contributed by atoms with E-state index in [9.17, 15) is 0 Å². The van der Waals surface area contributed by atoms with Gasteiger partial charge in [0.05, 0.1) is 0 Å². The lowest BCUT2D eigenvalue weighted by Gasteiger charge is -2.24. The van der Waals surface area contributed by atoms with E-state index >= 15 is 0 Å². The van der Waals surface area contributed by atoms with Crippen LogP contribution in [-0.2, 0) is 6.54 Å². The maximum Gasteiger partial charge on any atom is 0.0315 e. The third-order valence-electron chi connectivity index (χ3n) is 2.90. The maximum atomic E-state index is 5.70. The van der Waals surface area contributed by atoms with Crippen LogP contribution in [0.3, 0.4) is 0 Å². The van der Waals surface area contributed by atoms with E-state index in [2.05, 4.69) is 16.4 Å². The van der Waals surface area contributed by atoms with Crippen molar-refractivity contribution in [3.05, 3.63) is 29.6 Å². The monoisotopic (exact) mass is 191 g/mol. The van der Waals surface area contributed by atoms with Crippen LogP contribution in [0.4, 0.5) is 0 Å². The third kappa shape index (κ3) is 1.94. The normalized spacial score (nSPS) is 22.2. The second-order valence-electron chi connectivity index (χ2n) is 3.82. The van der Waals surface area contributed by atoms with E-state index in [1.165, 1.54) is 24.0 Å². The molecule has 0 aliphatic carbocycles. The summed E-state index contributed by atoms with van der Waals surface area (Å²) in [6.45, 7) is 2.83. The second-order valence-corrected chi connectivity index (χ2v) is 3.82. The summed E-state index contributed by atoms with van der Waals surface area (Å²) >= 11 is 0. The van der Waals surface area contributed by atoms with Crippen molar-refractivity contribution in [3.63, 3.8) is 0 Å². The second kappa shape index (κ2) is 4.53. The zero-order valence-electron chi connectivity index (χ0n) is 8.37. The fourth-order valence-corrected chi connectivity index (χ4v) is 2.12. The zero-order valence-corrected chi connectivity index (χ0v) is 8.37. The average molecular weight is 191 g/mol. The number of piperidine rings is 1. The van der Waals surface area contributed by atoms with Crippen molar-refractivity contribution in [1.82, 2.24) is 10.3 Å². The zero-order chi connectivity index (χ0) is 9.80. The van der Waals surface area contributed by atoms with Gasteiger partial charge in [0.15, 0.2) is 0 Å². The largest absolute Gasteiger partial charge is 0.326 e. The Kier molecular flexibility index (Phi) is 3.11. The smallest absolute Gasteiger partial charge is 0.0315 e. The Balaban J connectivity index is 2.20. The summed E-state index contributed by atoms with van der Waals surface area (Å²) in [6.07, 6.45) is 6.29. The SMILES string of the molecule is NCc1cnccc1C1CCCNC1. The lowest BCUT2D eigenvalue weighted by Crippen LogP contribution is -2.29. The molecule has 2 rings (SSSR count). The van der Waals surface area contributed by atoms with Crippen LogP contribution in [0, 0.1) is 0 Å². The molecule has 14 heavy (non-hydrogen) atoms. The molecule has 0 bridgehead atoms. The molecule has 0 radical (unpaired) electrons. The fourth-order valence-electron chi connectivity index (χ4n) is 2.12. The van der Waals surface area contributed by atoms with Gasteiger partial charge in [0, 0.05) is 25.5 Å². The summed E-state index contributed by atoms with van der Waals surface area (Å²) in [5.41, 5.74) is 8.28. The van der Waals surface area contributed by atoms with Crippen molar-refractivity contribution in [1.29, 1.82) is 0 Å². The van der Waals surface area contributed by atoms with Crippen molar-refractivity contribution >= 4 is 0 Å². The Morgan fingerprint density at radius 1 is 1.57 bits per heavy atom. The highest BCUT2D eigenvalue weighted by atomic mass is 14.9. The van der Waals surface area contributed by atoms with Crippen LogP contribution in [0.25, 0.3) is 0 Å². The van der Waals surface area contributed by atoms with Crippen molar-refractivity contribution in [2.75, 3.05) is 13.1 Å². The van der Waals surface area contributed by atoms with Crippen LogP contribution in [0.1, 0.15) is 29.9 Å². The van der Waals surface area contributed by atoms with Gasteiger partial charge in [-0.15, -0.1) is 0 Å². The van der Waals surface area contributed by atoms with E-state index in [0.29, 0.717) is 12.5 Å². The van der Waals surface area contributed by atoms with Crippen LogP contribution < -0.4 is 11.1 Å². The van der Waals surface area contributed by atoms with Gasteiger partial charge in [-0.1, -0.05) is 0 Å². The highest BCUT2D eigenvalue weighted by molar-refractivity contribution is 5.27. The number of pyridine rings is 1. The minimum atomic E-state index is 0.597. The molecule has 2 heterocycles. The van der Waals surface area contributed by atoms with Crippen LogP contribution in [0.15, 0.2) is 18.5 Å². The summed E-state index contributed by atoms with van der Waals surface area (Å²) in [5.74, 6) is 0.630. The molecule has 1 atom stereocenters. The van der Waals surface area contributed by atoms with E-state index in [4.69, 9.17) is 5.73 Å². The van der Waals surface area contributed by atoms with E-state index in [-0.39, 0.29) is 0 Å². The first kappa shape index (κ1) is 9.62. The Bertz CT molecular complexity index is 292. The Morgan fingerprint density at radius 3 is 3.21 bits per heavy atom. The number of nitrogens with one attached hydrogen (secondary N) is 1. The number of nitrogens with two attached hydrogens (primary N) is 1. The van der Waals surface area contributed by atoms with Gasteiger partial charge < -0.3 is 11.1 Å². The molecule has 1 aliphatic heterocycles. The van der Waals surface area contributed by atoms with Crippen LogP contribution in [-0.4, -0.2) is 18.1 Å². The van der Waals surface area contributed by atoms with E-state index in [0.717, 1.165) is 13.1 Å². The quantitative estimate of drug-likeness (QED) is 0.733. The minimum absolute atomic E-state index is 0.597. The molecule has 3 N–H and O–H groups in total. The van der Waals surface area contributed by atoms with Gasteiger partial charge in [-0.05, 0) is 42.5 Å². The summed E-state index contributed by atoms with van der Waals surface area (Å²) in [6, 6.07) is 2.11. The Hall–Kier alpha value is -0.930. The van der Waals surface area contributed by atoms with Gasteiger partial charge in [-0.3, -0.25) is 4.98 Å². The summed E-state index contributed by atoms with van der Waals surface area (Å²) in [5, 5.41) is 3.42.